The maximum absolute atomic E-state index is 13.8. The standard InChI is InChI=1S/C18H19FN4O3/c1-2-25-11-13(24)10-21-16-8-7-12(9-20-16)18-22-17(23-26-18)14-5-3-4-6-15(14)19/h3-9,13,24H,2,10-11H2,1H3,(H,20,21)/t13-/m0/s1. The van der Waals surface area contributed by atoms with Gasteiger partial charge in [0.15, 0.2) is 0 Å². The third-order valence-electron chi connectivity index (χ3n) is 3.58. The molecule has 0 saturated carbocycles. The third kappa shape index (κ3) is 4.41. The second-order valence-electron chi connectivity index (χ2n) is 5.53. The van der Waals surface area contributed by atoms with E-state index in [1.165, 1.54) is 6.07 Å². The number of aromatic nitrogens is 3. The van der Waals surface area contributed by atoms with Gasteiger partial charge in [-0.25, -0.2) is 9.37 Å². The van der Waals surface area contributed by atoms with Crippen molar-refractivity contribution in [2.75, 3.05) is 25.1 Å². The number of pyridine rings is 1. The highest BCUT2D eigenvalue weighted by Crippen LogP contribution is 2.24. The van der Waals surface area contributed by atoms with Crippen molar-refractivity contribution in [1.82, 2.24) is 15.1 Å². The minimum absolute atomic E-state index is 0.180. The zero-order chi connectivity index (χ0) is 18.4. The quantitative estimate of drug-likeness (QED) is 0.639. The summed E-state index contributed by atoms with van der Waals surface area (Å²) < 4.78 is 24.1. The molecule has 1 aromatic carbocycles. The smallest absolute Gasteiger partial charge is 0.259 e. The molecule has 7 nitrogen and oxygen atoms in total. The molecule has 0 fully saturated rings. The first kappa shape index (κ1) is 18.0. The summed E-state index contributed by atoms with van der Waals surface area (Å²) in [6.45, 7) is 3.02. The zero-order valence-corrected chi connectivity index (χ0v) is 14.2. The summed E-state index contributed by atoms with van der Waals surface area (Å²) in [5, 5.41) is 16.6. The number of nitrogens with zero attached hydrogens (tertiary/aromatic N) is 3. The van der Waals surface area contributed by atoms with Crippen molar-refractivity contribution in [2.45, 2.75) is 13.0 Å². The number of benzene rings is 1. The van der Waals surface area contributed by atoms with Gasteiger partial charge in [-0.15, -0.1) is 0 Å². The number of anilines is 1. The third-order valence-corrected chi connectivity index (χ3v) is 3.58. The molecule has 26 heavy (non-hydrogen) atoms. The molecule has 0 saturated heterocycles. The van der Waals surface area contributed by atoms with Crippen LogP contribution in [0.2, 0.25) is 0 Å². The molecule has 0 aliphatic carbocycles. The van der Waals surface area contributed by atoms with Gasteiger partial charge in [-0.05, 0) is 31.2 Å². The summed E-state index contributed by atoms with van der Waals surface area (Å²) in [6, 6.07) is 9.71. The minimum atomic E-state index is -0.615. The van der Waals surface area contributed by atoms with E-state index in [9.17, 15) is 9.50 Å². The molecule has 0 unspecified atom stereocenters. The Bertz CT molecular complexity index is 838. The summed E-state index contributed by atoms with van der Waals surface area (Å²) in [4.78, 5) is 8.46. The predicted molar refractivity (Wildman–Crippen MR) is 93.9 cm³/mol. The first-order chi connectivity index (χ1) is 12.7. The van der Waals surface area contributed by atoms with Gasteiger partial charge in [-0.2, -0.15) is 4.98 Å². The number of ether oxygens (including phenoxy) is 1. The molecule has 2 aromatic heterocycles. The van der Waals surface area contributed by atoms with Gasteiger partial charge in [0.1, 0.15) is 11.6 Å². The normalized spacial score (nSPS) is 12.1. The van der Waals surface area contributed by atoms with Gasteiger partial charge in [0.2, 0.25) is 5.82 Å². The largest absolute Gasteiger partial charge is 0.389 e. The Kier molecular flexibility index (Phi) is 5.88. The van der Waals surface area contributed by atoms with Crippen LogP contribution < -0.4 is 5.32 Å². The lowest BCUT2D eigenvalue weighted by Gasteiger charge is -2.11. The number of hydrogen-bond acceptors (Lipinski definition) is 7. The summed E-state index contributed by atoms with van der Waals surface area (Å²) in [5.74, 6) is 0.610. The minimum Gasteiger partial charge on any atom is -0.389 e. The van der Waals surface area contributed by atoms with Crippen molar-refractivity contribution in [3.8, 4) is 22.8 Å². The van der Waals surface area contributed by atoms with Gasteiger partial charge in [0.25, 0.3) is 5.89 Å². The van der Waals surface area contributed by atoms with Crippen LogP contribution in [0.3, 0.4) is 0 Å². The number of nitrogens with one attached hydrogen (secondary N) is 1. The molecule has 3 aromatic rings. The average Bonchev–Trinajstić information content (AvgIpc) is 3.15. The second kappa shape index (κ2) is 8.50. The maximum atomic E-state index is 13.8. The summed E-state index contributed by atoms with van der Waals surface area (Å²) >= 11 is 0. The van der Waals surface area contributed by atoms with E-state index in [2.05, 4.69) is 20.4 Å². The fourth-order valence-electron chi connectivity index (χ4n) is 2.25. The van der Waals surface area contributed by atoms with E-state index in [4.69, 9.17) is 9.26 Å². The molecule has 0 radical (unpaired) electrons. The molecule has 3 rings (SSSR count). The van der Waals surface area contributed by atoms with Gasteiger partial charge in [-0.1, -0.05) is 17.3 Å². The molecule has 0 amide bonds. The van der Waals surface area contributed by atoms with Crippen LogP contribution in [0.4, 0.5) is 10.2 Å². The van der Waals surface area contributed by atoms with Crippen LogP contribution in [0.5, 0.6) is 0 Å². The Morgan fingerprint density at radius 3 is 2.85 bits per heavy atom. The van der Waals surface area contributed by atoms with E-state index < -0.39 is 11.9 Å². The molecule has 2 heterocycles. The Morgan fingerprint density at radius 1 is 1.27 bits per heavy atom. The molecule has 0 aliphatic heterocycles. The first-order valence-corrected chi connectivity index (χ1v) is 8.22. The summed E-state index contributed by atoms with van der Waals surface area (Å²) in [6.07, 6.45) is 0.950. The second-order valence-corrected chi connectivity index (χ2v) is 5.53. The van der Waals surface area contributed by atoms with Crippen LogP contribution in [0, 0.1) is 5.82 Å². The molecule has 0 spiro atoms. The fraction of sp³-hybridized carbons (Fsp3) is 0.278. The highest BCUT2D eigenvalue weighted by Gasteiger charge is 2.14. The zero-order valence-electron chi connectivity index (χ0n) is 14.2. The number of aliphatic hydroxyl groups is 1. The topological polar surface area (TPSA) is 93.3 Å². The Labute approximate surface area is 149 Å². The monoisotopic (exact) mass is 358 g/mol. The predicted octanol–water partition coefficient (Wildman–Crippen LogP) is 2.75. The van der Waals surface area contributed by atoms with Crippen LogP contribution in [0.25, 0.3) is 22.8 Å². The summed E-state index contributed by atoms with van der Waals surface area (Å²) in [7, 11) is 0. The van der Waals surface area contributed by atoms with Crippen LogP contribution in [0.1, 0.15) is 6.92 Å². The molecule has 0 bridgehead atoms. The molecule has 8 heteroatoms. The molecule has 136 valence electrons. The van der Waals surface area contributed by atoms with E-state index in [0.29, 0.717) is 24.5 Å². The molecular weight excluding hydrogens is 339 g/mol. The highest BCUT2D eigenvalue weighted by atomic mass is 19.1. The van der Waals surface area contributed by atoms with Crippen molar-refractivity contribution in [2.24, 2.45) is 0 Å². The Balaban J connectivity index is 1.65. The van der Waals surface area contributed by atoms with E-state index >= 15 is 0 Å². The van der Waals surface area contributed by atoms with Crippen LogP contribution in [-0.2, 0) is 4.74 Å². The van der Waals surface area contributed by atoms with Crippen molar-refractivity contribution < 1.29 is 18.8 Å². The van der Waals surface area contributed by atoms with Crippen molar-refractivity contribution >= 4 is 5.82 Å². The van der Waals surface area contributed by atoms with Crippen LogP contribution in [-0.4, -0.2) is 46.1 Å². The maximum Gasteiger partial charge on any atom is 0.259 e. The lowest BCUT2D eigenvalue weighted by molar-refractivity contribution is 0.0495. The van der Waals surface area contributed by atoms with Gasteiger partial charge in [0, 0.05) is 19.3 Å². The van der Waals surface area contributed by atoms with Crippen molar-refractivity contribution in [3.63, 3.8) is 0 Å². The molecular formula is C18H19FN4O3. The number of rotatable bonds is 8. The van der Waals surface area contributed by atoms with E-state index in [-0.39, 0.29) is 23.9 Å². The number of hydrogen-bond donors (Lipinski definition) is 2. The first-order valence-electron chi connectivity index (χ1n) is 8.22. The molecule has 1 atom stereocenters. The van der Waals surface area contributed by atoms with E-state index in [0.717, 1.165) is 0 Å². The van der Waals surface area contributed by atoms with Crippen molar-refractivity contribution in [3.05, 3.63) is 48.4 Å². The van der Waals surface area contributed by atoms with Crippen LogP contribution in [0.15, 0.2) is 47.1 Å². The molecule has 0 aliphatic rings. The number of halogens is 1. The molecule has 2 N–H and O–H groups in total. The lowest BCUT2D eigenvalue weighted by atomic mass is 10.2. The van der Waals surface area contributed by atoms with Gasteiger partial charge in [-0.3, -0.25) is 0 Å². The summed E-state index contributed by atoms with van der Waals surface area (Å²) in [5.41, 5.74) is 0.887. The highest BCUT2D eigenvalue weighted by molar-refractivity contribution is 5.60. The van der Waals surface area contributed by atoms with Crippen LogP contribution >= 0.6 is 0 Å². The van der Waals surface area contributed by atoms with Crippen molar-refractivity contribution in [1.29, 1.82) is 0 Å². The van der Waals surface area contributed by atoms with Gasteiger partial charge < -0.3 is 19.7 Å². The van der Waals surface area contributed by atoms with E-state index in [1.807, 2.05) is 6.92 Å². The SMILES string of the molecule is CCOC[C@@H](O)CNc1ccc(-c2nc(-c3ccccc3F)no2)cn1. The van der Waals surface area contributed by atoms with Gasteiger partial charge >= 0.3 is 0 Å². The number of aliphatic hydroxyl groups excluding tert-OH is 1. The fourth-order valence-corrected chi connectivity index (χ4v) is 2.25. The lowest BCUT2D eigenvalue weighted by Crippen LogP contribution is -2.25. The Morgan fingerprint density at radius 2 is 2.12 bits per heavy atom. The Hall–Kier alpha value is -2.84. The van der Waals surface area contributed by atoms with Gasteiger partial charge in [0.05, 0.1) is 23.8 Å². The average molecular weight is 358 g/mol. The van der Waals surface area contributed by atoms with E-state index in [1.54, 1.807) is 36.5 Å².